The van der Waals surface area contributed by atoms with Crippen LogP contribution in [0.3, 0.4) is 0 Å². The summed E-state index contributed by atoms with van der Waals surface area (Å²) in [5, 5.41) is 9.68. The molecule has 2 heterocycles. The molecule has 6 nitrogen and oxygen atoms in total. The maximum absolute atomic E-state index is 14.6. The van der Waals surface area contributed by atoms with Crippen LogP contribution < -0.4 is 4.90 Å². The zero-order valence-corrected chi connectivity index (χ0v) is 17.5. The number of carbonyl (C=O) groups is 2. The Bertz CT molecular complexity index is 1030. The molecule has 4 rings (SSSR count). The van der Waals surface area contributed by atoms with Gasteiger partial charge in [0, 0.05) is 25.2 Å². The van der Waals surface area contributed by atoms with Gasteiger partial charge in [-0.3, -0.25) is 9.59 Å². The molecule has 0 radical (unpaired) electrons. The Morgan fingerprint density at radius 3 is 2.61 bits per heavy atom. The molecule has 0 bridgehead atoms. The number of anilines is 1. The number of phenols is 1. The van der Waals surface area contributed by atoms with Crippen molar-refractivity contribution in [3.8, 4) is 5.75 Å². The van der Waals surface area contributed by atoms with Crippen molar-refractivity contribution >= 4 is 29.1 Å². The predicted molar refractivity (Wildman–Crippen MR) is 110 cm³/mol. The van der Waals surface area contributed by atoms with E-state index in [2.05, 4.69) is 0 Å². The highest BCUT2D eigenvalue weighted by molar-refractivity contribution is 6.27. The van der Waals surface area contributed by atoms with E-state index in [4.69, 9.17) is 16.3 Å². The summed E-state index contributed by atoms with van der Waals surface area (Å²) in [6.45, 7) is 0.855. The van der Waals surface area contributed by atoms with Crippen molar-refractivity contribution < 1.29 is 28.2 Å². The fourth-order valence-corrected chi connectivity index (χ4v) is 4.52. The third kappa shape index (κ3) is 4.09. The molecule has 2 aromatic rings. The number of amides is 2. The number of fused-ring (bicyclic) bond motifs is 1. The van der Waals surface area contributed by atoms with Crippen LogP contribution in [-0.4, -0.2) is 54.4 Å². The van der Waals surface area contributed by atoms with Gasteiger partial charge in [-0.25, -0.2) is 8.78 Å². The van der Waals surface area contributed by atoms with Crippen LogP contribution in [0.2, 0.25) is 0 Å². The molecule has 0 aliphatic carbocycles. The van der Waals surface area contributed by atoms with E-state index in [1.165, 1.54) is 29.2 Å². The fourth-order valence-electron chi connectivity index (χ4n) is 4.35. The molecule has 1 saturated heterocycles. The Hall–Kier alpha value is -2.71. The number of carbonyl (C=O) groups excluding carboxylic acids is 2. The van der Waals surface area contributed by atoms with Gasteiger partial charge in [0.1, 0.15) is 29.4 Å². The Morgan fingerprint density at radius 2 is 1.90 bits per heavy atom. The van der Waals surface area contributed by atoms with Crippen LogP contribution in [0.1, 0.15) is 28.7 Å². The molecule has 2 amide bonds. The second kappa shape index (κ2) is 8.43. The third-order valence-corrected chi connectivity index (χ3v) is 5.96. The van der Waals surface area contributed by atoms with Gasteiger partial charge in [-0.05, 0) is 41.8 Å². The summed E-state index contributed by atoms with van der Waals surface area (Å²) in [5.74, 6) is -2.80. The zero-order chi connectivity index (χ0) is 22.3. The highest BCUT2D eigenvalue weighted by Crippen LogP contribution is 2.44. The molecular weight excluding hydrogens is 430 g/mol. The smallest absolute Gasteiger partial charge is 0.237 e. The zero-order valence-electron chi connectivity index (χ0n) is 16.8. The van der Waals surface area contributed by atoms with Gasteiger partial charge < -0.3 is 19.6 Å². The first-order valence-corrected chi connectivity index (χ1v) is 10.4. The van der Waals surface area contributed by atoms with Gasteiger partial charge in [0.05, 0.1) is 24.8 Å². The van der Waals surface area contributed by atoms with Gasteiger partial charge >= 0.3 is 0 Å². The normalized spacial score (nSPS) is 20.8. The lowest BCUT2D eigenvalue weighted by Crippen LogP contribution is -2.43. The number of alkyl halides is 1. The average Bonchev–Trinajstić information content (AvgIpc) is 2.96. The van der Waals surface area contributed by atoms with Gasteiger partial charge in [-0.2, -0.15) is 0 Å². The SMILES string of the molecule is CN1C(=O)[C@H](Cc2cc(O)cc(F)c2)c2cc(F)cc([C@@H]3CN(C(=O)CCl)CCO3)c21. The summed E-state index contributed by atoms with van der Waals surface area (Å²) in [4.78, 5) is 28.0. The Balaban J connectivity index is 1.71. The minimum atomic E-state index is -0.736. The second-order valence-corrected chi connectivity index (χ2v) is 8.00. The number of aromatic hydroxyl groups is 1. The van der Waals surface area contributed by atoms with E-state index < -0.39 is 23.7 Å². The van der Waals surface area contributed by atoms with E-state index in [0.717, 1.165) is 6.07 Å². The molecule has 2 aliphatic heterocycles. The summed E-state index contributed by atoms with van der Waals surface area (Å²) >= 11 is 5.67. The Kier molecular flexibility index (Phi) is 5.85. The van der Waals surface area contributed by atoms with E-state index in [0.29, 0.717) is 28.9 Å². The van der Waals surface area contributed by atoms with Crippen molar-refractivity contribution in [1.29, 1.82) is 0 Å². The van der Waals surface area contributed by atoms with Gasteiger partial charge in [0.25, 0.3) is 0 Å². The van der Waals surface area contributed by atoms with Crippen LogP contribution >= 0.6 is 11.6 Å². The number of rotatable bonds is 4. The summed E-state index contributed by atoms with van der Waals surface area (Å²) in [5.41, 5.74) is 1.90. The Morgan fingerprint density at radius 1 is 1.19 bits per heavy atom. The van der Waals surface area contributed by atoms with Gasteiger partial charge in [-0.1, -0.05) is 0 Å². The lowest BCUT2D eigenvalue weighted by Gasteiger charge is -2.34. The molecule has 2 aromatic carbocycles. The van der Waals surface area contributed by atoms with E-state index >= 15 is 0 Å². The first-order chi connectivity index (χ1) is 14.8. The molecule has 1 N–H and O–H groups in total. The molecule has 1 fully saturated rings. The number of benzene rings is 2. The molecule has 2 aliphatic rings. The first kappa shape index (κ1) is 21.5. The topological polar surface area (TPSA) is 70.1 Å². The number of nitrogens with zero attached hydrogens (tertiary/aromatic N) is 2. The van der Waals surface area contributed by atoms with E-state index in [-0.39, 0.29) is 43.0 Å². The first-order valence-electron chi connectivity index (χ1n) is 9.83. The van der Waals surface area contributed by atoms with Crippen LogP contribution in [0.4, 0.5) is 14.5 Å². The quantitative estimate of drug-likeness (QED) is 0.727. The number of hydrogen-bond acceptors (Lipinski definition) is 4. The monoisotopic (exact) mass is 450 g/mol. The van der Waals surface area contributed by atoms with Crippen molar-refractivity contribution in [1.82, 2.24) is 4.90 Å². The number of morpholine rings is 1. The number of halogens is 3. The van der Waals surface area contributed by atoms with Crippen LogP contribution in [0.15, 0.2) is 30.3 Å². The molecule has 31 heavy (non-hydrogen) atoms. The number of ether oxygens (including phenoxy) is 1. The summed E-state index contributed by atoms with van der Waals surface area (Å²) in [6, 6.07) is 6.22. The minimum Gasteiger partial charge on any atom is -0.508 e. The number of phenolic OH excluding ortho intramolecular Hbond substituents is 1. The molecule has 2 atom stereocenters. The maximum atomic E-state index is 14.6. The van der Waals surface area contributed by atoms with Crippen molar-refractivity contribution in [2.75, 3.05) is 37.5 Å². The largest absolute Gasteiger partial charge is 0.508 e. The molecule has 9 heteroatoms. The molecule has 0 saturated carbocycles. The Labute approximate surface area is 183 Å². The summed E-state index contributed by atoms with van der Waals surface area (Å²) in [6.07, 6.45) is -0.509. The van der Waals surface area contributed by atoms with Crippen molar-refractivity contribution in [2.24, 2.45) is 0 Å². The fraction of sp³-hybridized carbons (Fsp3) is 0.364. The van der Waals surface area contributed by atoms with Gasteiger partial charge in [-0.15, -0.1) is 11.6 Å². The van der Waals surface area contributed by atoms with E-state index in [9.17, 15) is 23.5 Å². The third-order valence-electron chi connectivity index (χ3n) is 5.74. The summed E-state index contributed by atoms with van der Waals surface area (Å²) in [7, 11) is 1.59. The maximum Gasteiger partial charge on any atom is 0.237 e. The van der Waals surface area contributed by atoms with E-state index in [1.54, 1.807) is 11.9 Å². The average molecular weight is 451 g/mol. The molecule has 0 unspecified atom stereocenters. The van der Waals surface area contributed by atoms with Crippen molar-refractivity contribution in [2.45, 2.75) is 18.4 Å². The molecule has 164 valence electrons. The molecular formula is C22H21ClF2N2O4. The predicted octanol–water partition coefficient (Wildman–Crippen LogP) is 3.11. The second-order valence-electron chi connectivity index (χ2n) is 7.74. The van der Waals surface area contributed by atoms with Gasteiger partial charge in [0.15, 0.2) is 0 Å². The number of hydrogen-bond donors (Lipinski definition) is 1. The molecule has 0 spiro atoms. The van der Waals surface area contributed by atoms with Crippen LogP contribution in [-0.2, 0) is 20.7 Å². The van der Waals surface area contributed by atoms with Crippen molar-refractivity contribution in [3.05, 3.63) is 58.7 Å². The minimum absolute atomic E-state index is 0.104. The van der Waals surface area contributed by atoms with Gasteiger partial charge in [0.2, 0.25) is 11.8 Å². The van der Waals surface area contributed by atoms with Crippen LogP contribution in [0.25, 0.3) is 0 Å². The van der Waals surface area contributed by atoms with Crippen molar-refractivity contribution in [3.63, 3.8) is 0 Å². The number of likely N-dealkylation sites (N-methyl/N-ethyl adjacent to an activating group) is 1. The standard InChI is InChI=1S/C22H21ClF2N2O4/c1-26-21-16(17(22(26)30)6-12-4-13(24)7-15(28)5-12)8-14(25)9-18(21)19-11-27(2-3-31-19)20(29)10-23/h4-5,7-9,17,19,28H,2-3,6,10-11H2,1H3/t17-,19+/m1/s1. The lowest BCUT2D eigenvalue weighted by molar-refractivity contribution is -0.136. The summed E-state index contributed by atoms with van der Waals surface area (Å²) < 4.78 is 34.1. The molecule has 0 aromatic heterocycles. The highest BCUT2D eigenvalue weighted by Gasteiger charge is 2.40. The van der Waals surface area contributed by atoms with Crippen LogP contribution in [0, 0.1) is 11.6 Å². The lowest BCUT2D eigenvalue weighted by atomic mass is 9.91. The van der Waals surface area contributed by atoms with Crippen LogP contribution in [0.5, 0.6) is 5.75 Å². The highest BCUT2D eigenvalue weighted by atomic mass is 35.5. The van der Waals surface area contributed by atoms with E-state index in [1.807, 2.05) is 0 Å².